The molecule has 0 radical (unpaired) electrons. The Morgan fingerprint density at radius 2 is 1.90 bits per heavy atom. The highest BCUT2D eigenvalue weighted by Crippen LogP contribution is 2.43. The molecule has 2 rings (SSSR count). The van der Waals surface area contributed by atoms with Crippen molar-refractivity contribution < 1.29 is 8.78 Å². The first-order chi connectivity index (χ1) is 9.42. The first-order valence-corrected chi connectivity index (χ1v) is 7.40. The van der Waals surface area contributed by atoms with Crippen LogP contribution in [0.2, 0.25) is 0 Å². The highest BCUT2D eigenvalue weighted by Gasteiger charge is 2.34. The molecule has 1 saturated carbocycles. The molecule has 0 amide bonds. The van der Waals surface area contributed by atoms with Crippen LogP contribution in [0.3, 0.4) is 0 Å². The van der Waals surface area contributed by atoms with Gasteiger partial charge in [-0.1, -0.05) is 26.7 Å². The molecule has 0 unspecified atom stereocenters. The molecule has 0 atom stereocenters. The number of nitrogen functional groups attached to an aromatic ring is 1. The van der Waals surface area contributed by atoms with Crippen LogP contribution in [0.4, 0.5) is 20.2 Å². The van der Waals surface area contributed by atoms with Gasteiger partial charge in [0.05, 0.1) is 11.4 Å². The summed E-state index contributed by atoms with van der Waals surface area (Å²) in [5, 5.41) is 3.18. The number of rotatable bonds is 5. The van der Waals surface area contributed by atoms with Gasteiger partial charge in [0.1, 0.15) is 5.82 Å². The van der Waals surface area contributed by atoms with E-state index in [0.29, 0.717) is 11.6 Å². The molecule has 3 N–H and O–H groups in total. The van der Waals surface area contributed by atoms with E-state index in [1.54, 1.807) is 0 Å². The smallest absolute Gasteiger partial charge is 0.151 e. The average molecular weight is 282 g/mol. The van der Waals surface area contributed by atoms with Crippen molar-refractivity contribution in [2.45, 2.75) is 46.0 Å². The zero-order valence-corrected chi connectivity index (χ0v) is 12.3. The summed E-state index contributed by atoms with van der Waals surface area (Å²) >= 11 is 0. The van der Waals surface area contributed by atoms with E-state index in [1.807, 2.05) is 0 Å². The quantitative estimate of drug-likeness (QED) is 0.777. The van der Waals surface area contributed by atoms with E-state index in [0.717, 1.165) is 19.0 Å². The summed E-state index contributed by atoms with van der Waals surface area (Å²) in [7, 11) is 0. The van der Waals surface area contributed by atoms with E-state index in [9.17, 15) is 8.78 Å². The Labute approximate surface area is 119 Å². The summed E-state index contributed by atoms with van der Waals surface area (Å²) in [6, 6.07) is 2.09. The molecule has 0 saturated heterocycles. The normalized spacial score (nSPS) is 17.6. The van der Waals surface area contributed by atoms with Crippen LogP contribution in [0.25, 0.3) is 0 Å². The van der Waals surface area contributed by atoms with Crippen molar-refractivity contribution in [1.82, 2.24) is 0 Å². The molecule has 2 nitrogen and oxygen atoms in total. The molecule has 20 heavy (non-hydrogen) atoms. The third-order valence-electron chi connectivity index (χ3n) is 4.25. The predicted octanol–water partition coefficient (Wildman–Crippen LogP) is 4.57. The maximum atomic E-state index is 13.4. The molecule has 0 aliphatic heterocycles. The summed E-state index contributed by atoms with van der Waals surface area (Å²) in [6.45, 7) is 5.17. The number of hydrogen-bond acceptors (Lipinski definition) is 2. The van der Waals surface area contributed by atoms with Gasteiger partial charge < -0.3 is 11.1 Å². The molecule has 0 spiro atoms. The predicted molar refractivity (Wildman–Crippen MR) is 79.6 cm³/mol. The van der Waals surface area contributed by atoms with Gasteiger partial charge in [0.15, 0.2) is 5.82 Å². The Balaban J connectivity index is 2.10. The first-order valence-electron chi connectivity index (χ1n) is 7.40. The Morgan fingerprint density at radius 1 is 1.25 bits per heavy atom. The van der Waals surface area contributed by atoms with Gasteiger partial charge in [0.2, 0.25) is 0 Å². The Bertz CT molecular complexity index is 466. The van der Waals surface area contributed by atoms with Crippen molar-refractivity contribution in [1.29, 1.82) is 0 Å². The molecule has 0 aromatic heterocycles. The van der Waals surface area contributed by atoms with Crippen molar-refractivity contribution in [2.24, 2.45) is 11.3 Å². The standard InChI is InChI=1S/C16H24F2N2/c1-11(2)9-16(5-3-4-6-16)10-20-14-8-12(17)7-13(18)15(14)19/h7-8,11,20H,3-6,9-10,19H2,1-2H3. The Hall–Kier alpha value is -1.32. The zero-order valence-electron chi connectivity index (χ0n) is 12.3. The van der Waals surface area contributed by atoms with Gasteiger partial charge in [0.25, 0.3) is 0 Å². The van der Waals surface area contributed by atoms with Crippen LogP contribution < -0.4 is 11.1 Å². The van der Waals surface area contributed by atoms with Crippen LogP contribution in [0, 0.1) is 23.0 Å². The second kappa shape index (κ2) is 5.98. The van der Waals surface area contributed by atoms with Gasteiger partial charge in [-0.25, -0.2) is 8.78 Å². The molecule has 112 valence electrons. The Kier molecular flexibility index (Phi) is 4.51. The van der Waals surface area contributed by atoms with Crippen LogP contribution in [0.15, 0.2) is 12.1 Å². The summed E-state index contributed by atoms with van der Waals surface area (Å²) in [4.78, 5) is 0. The topological polar surface area (TPSA) is 38.0 Å². The van der Waals surface area contributed by atoms with E-state index >= 15 is 0 Å². The second-order valence-electron chi connectivity index (χ2n) is 6.51. The van der Waals surface area contributed by atoms with Gasteiger partial charge in [-0.15, -0.1) is 0 Å². The van der Waals surface area contributed by atoms with Crippen LogP contribution in [-0.4, -0.2) is 6.54 Å². The van der Waals surface area contributed by atoms with Gasteiger partial charge >= 0.3 is 0 Å². The maximum absolute atomic E-state index is 13.4. The molecular formula is C16H24F2N2. The van der Waals surface area contributed by atoms with Crippen LogP contribution in [-0.2, 0) is 0 Å². The van der Waals surface area contributed by atoms with Crippen molar-refractivity contribution in [3.8, 4) is 0 Å². The molecule has 1 aromatic rings. The molecular weight excluding hydrogens is 258 g/mol. The number of nitrogens with one attached hydrogen (secondary N) is 1. The highest BCUT2D eigenvalue weighted by molar-refractivity contribution is 5.66. The summed E-state index contributed by atoms with van der Waals surface area (Å²) in [5.74, 6) is -0.670. The fourth-order valence-electron chi connectivity index (χ4n) is 3.46. The van der Waals surface area contributed by atoms with Crippen LogP contribution in [0.5, 0.6) is 0 Å². The molecule has 1 aliphatic carbocycles. The Morgan fingerprint density at radius 3 is 2.50 bits per heavy atom. The van der Waals surface area contributed by atoms with Crippen molar-refractivity contribution >= 4 is 11.4 Å². The number of anilines is 2. The number of benzene rings is 1. The second-order valence-corrected chi connectivity index (χ2v) is 6.51. The molecule has 4 heteroatoms. The van der Waals surface area contributed by atoms with Crippen LogP contribution in [0.1, 0.15) is 46.0 Å². The molecule has 1 aromatic carbocycles. The summed E-state index contributed by atoms with van der Waals surface area (Å²) in [5.41, 5.74) is 6.29. The first kappa shape index (κ1) is 15.1. The minimum Gasteiger partial charge on any atom is -0.395 e. The zero-order chi connectivity index (χ0) is 14.8. The number of halogens is 2. The highest BCUT2D eigenvalue weighted by atomic mass is 19.1. The SMILES string of the molecule is CC(C)CC1(CNc2cc(F)cc(F)c2N)CCCC1. The maximum Gasteiger partial charge on any atom is 0.151 e. The lowest BCUT2D eigenvalue weighted by Crippen LogP contribution is -2.28. The van der Waals surface area contributed by atoms with Gasteiger partial charge in [-0.2, -0.15) is 0 Å². The van der Waals surface area contributed by atoms with E-state index in [1.165, 1.54) is 31.7 Å². The average Bonchev–Trinajstić information content (AvgIpc) is 2.80. The van der Waals surface area contributed by atoms with Gasteiger partial charge in [-0.05, 0) is 36.7 Å². The monoisotopic (exact) mass is 282 g/mol. The van der Waals surface area contributed by atoms with E-state index in [4.69, 9.17) is 5.73 Å². The lowest BCUT2D eigenvalue weighted by molar-refractivity contribution is 0.252. The molecule has 0 heterocycles. The summed E-state index contributed by atoms with van der Waals surface area (Å²) in [6.07, 6.45) is 5.96. The summed E-state index contributed by atoms with van der Waals surface area (Å²) < 4.78 is 26.7. The van der Waals surface area contributed by atoms with E-state index < -0.39 is 11.6 Å². The van der Waals surface area contributed by atoms with Crippen molar-refractivity contribution in [3.63, 3.8) is 0 Å². The lowest BCUT2D eigenvalue weighted by Gasteiger charge is -2.32. The third-order valence-corrected chi connectivity index (χ3v) is 4.25. The third kappa shape index (κ3) is 3.41. The van der Waals surface area contributed by atoms with E-state index in [-0.39, 0.29) is 11.1 Å². The van der Waals surface area contributed by atoms with Gasteiger partial charge in [0, 0.05) is 12.6 Å². The van der Waals surface area contributed by atoms with Crippen molar-refractivity contribution in [2.75, 3.05) is 17.6 Å². The fraction of sp³-hybridized carbons (Fsp3) is 0.625. The fourth-order valence-corrected chi connectivity index (χ4v) is 3.46. The minimum absolute atomic E-state index is 0.00379. The largest absolute Gasteiger partial charge is 0.395 e. The van der Waals surface area contributed by atoms with Gasteiger partial charge in [-0.3, -0.25) is 0 Å². The van der Waals surface area contributed by atoms with E-state index in [2.05, 4.69) is 19.2 Å². The van der Waals surface area contributed by atoms with Crippen LogP contribution >= 0.6 is 0 Å². The van der Waals surface area contributed by atoms with Crippen molar-refractivity contribution in [3.05, 3.63) is 23.8 Å². The number of nitrogens with two attached hydrogens (primary N) is 1. The number of hydrogen-bond donors (Lipinski definition) is 2. The molecule has 1 fully saturated rings. The molecule has 1 aliphatic rings. The molecule has 0 bridgehead atoms. The lowest BCUT2D eigenvalue weighted by atomic mass is 9.78. The minimum atomic E-state index is -0.697.